The van der Waals surface area contributed by atoms with Crippen molar-refractivity contribution in [3.05, 3.63) is 68.5 Å². The number of ether oxygens (including phenoxy) is 1. The van der Waals surface area contributed by atoms with Crippen LogP contribution in [-0.2, 0) is 17.4 Å². The zero-order valence-electron chi connectivity index (χ0n) is 15.0. The van der Waals surface area contributed by atoms with Crippen LogP contribution in [0.25, 0.3) is 10.4 Å². The number of hydrogen-bond donors (Lipinski definition) is 2. The van der Waals surface area contributed by atoms with Gasteiger partial charge in [-0.2, -0.15) is 13.2 Å². The van der Waals surface area contributed by atoms with Gasteiger partial charge in [0.05, 0.1) is 0 Å². The first-order valence-corrected chi connectivity index (χ1v) is 9.93. The van der Waals surface area contributed by atoms with Gasteiger partial charge in [-0.1, -0.05) is 29.3 Å². The van der Waals surface area contributed by atoms with Crippen molar-refractivity contribution >= 4 is 40.5 Å². The molecule has 2 aromatic carbocycles. The third-order valence-electron chi connectivity index (χ3n) is 4.07. The van der Waals surface area contributed by atoms with E-state index in [9.17, 15) is 23.1 Å². The van der Waals surface area contributed by atoms with Crippen molar-refractivity contribution in [2.45, 2.75) is 12.6 Å². The summed E-state index contributed by atoms with van der Waals surface area (Å²) in [5, 5.41) is 19.3. The Morgan fingerprint density at radius 1 is 1.07 bits per heavy atom. The number of benzene rings is 2. The summed E-state index contributed by atoms with van der Waals surface area (Å²) in [4.78, 5) is 10.1. The topological polar surface area (TPSA) is 66.8 Å². The fourth-order valence-electron chi connectivity index (χ4n) is 2.71. The number of halogens is 5. The molecule has 10 heteroatoms. The Hall–Kier alpha value is -2.42. The maximum atomic E-state index is 12.9. The van der Waals surface area contributed by atoms with Gasteiger partial charge in [-0.05, 0) is 47.5 Å². The van der Waals surface area contributed by atoms with Crippen molar-refractivity contribution in [2.24, 2.45) is 0 Å². The van der Waals surface area contributed by atoms with Gasteiger partial charge in [0.1, 0.15) is 16.4 Å². The molecule has 1 aromatic heterocycles. The van der Waals surface area contributed by atoms with Crippen molar-refractivity contribution in [3.63, 3.8) is 0 Å². The fourth-order valence-corrected chi connectivity index (χ4v) is 4.21. The van der Waals surface area contributed by atoms with Gasteiger partial charge in [-0.15, -0.1) is 11.3 Å². The van der Waals surface area contributed by atoms with Crippen LogP contribution in [0.15, 0.2) is 42.5 Å². The lowest BCUT2D eigenvalue weighted by atomic mass is 10.0. The van der Waals surface area contributed by atoms with E-state index in [2.05, 4.69) is 0 Å². The number of aliphatic carboxylic acids is 1. The van der Waals surface area contributed by atoms with Crippen LogP contribution < -0.4 is 4.74 Å². The summed E-state index contributed by atoms with van der Waals surface area (Å²) >= 11 is 13.1. The largest absolute Gasteiger partial charge is 0.507 e. The van der Waals surface area contributed by atoms with Crippen molar-refractivity contribution in [1.82, 2.24) is 0 Å². The number of carboxylic acid groups (broad SMARTS) is 1. The van der Waals surface area contributed by atoms with Gasteiger partial charge >= 0.3 is 12.1 Å². The lowest BCUT2D eigenvalue weighted by Gasteiger charge is -2.12. The van der Waals surface area contributed by atoms with Crippen LogP contribution in [0.3, 0.4) is 0 Å². The molecule has 0 spiro atoms. The minimum absolute atomic E-state index is 0.149. The molecule has 0 saturated carbocycles. The van der Waals surface area contributed by atoms with Crippen LogP contribution in [0.1, 0.15) is 16.0 Å². The molecule has 3 rings (SSSR count). The van der Waals surface area contributed by atoms with Crippen LogP contribution in [0.5, 0.6) is 11.5 Å². The smallest absolute Gasteiger partial charge is 0.425 e. The molecule has 0 bridgehead atoms. The molecule has 4 nitrogen and oxygen atoms in total. The van der Waals surface area contributed by atoms with Gasteiger partial charge < -0.3 is 14.9 Å². The monoisotopic (exact) mass is 476 g/mol. The molecular formula is C20H13Cl2F3O4S. The second-order valence-corrected chi connectivity index (χ2v) is 8.14. The molecule has 0 aliphatic carbocycles. The molecular weight excluding hydrogens is 464 g/mol. The Kier molecular flexibility index (Phi) is 6.50. The number of carbonyl (C=O) groups is 1. The van der Waals surface area contributed by atoms with Crippen LogP contribution in [-0.4, -0.2) is 22.8 Å². The first-order valence-electron chi connectivity index (χ1n) is 8.36. The SMILES string of the molecule is O=C(O)COc1cc(Cl)c(Cc2ccc(O)c(-c3ccc(C(F)(F)F)s3)c2)c(Cl)c1. The van der Waals surface area contributed by atoms with Crippen LogP contribution in [0.2, 0.25) is 10.0 Å². The minimum Gasteiger partial charge on any atom is -0.507 e. The number of alkyl halides is 3. The maximum absolute atomic E-state index is 12.9. The Labute approximate surface area is 183 Å². The number of aromatic hydroxyl groups is 1. The average Bonchev–Trinajstić information content (AvgIpc) is 3.14. The summed E-state index contributed by atoms with van der Waals surface area (Å²) in [6.45, 7) is -0.548. The van der Waals surface area contributed by atoms with E-state index >= 15 is 0 Å². The molecule has 158 valence electrons. The van der Waals surface area contributed by atoms with Gasteiger partial charge in [0, 0.05) is 26.9 Å². The van der Waals surface area contributed by atoms with E-state index < -0.39 is 23.6 Å². The van der Waals surface area contributed by atoms with E-state index in [1.807, 2.05) is 0 Å². The van der Waals surface area contributed by atoms with Gasteiger partial charge in [0.15, 0.2) is 6.61 Å². The zero-order valence-corrected chi connectivity index (χ0v) is 17.3. The predicted molar refractivity (Wildman–Crippen MR) is 109 cm³/mol. The molecule has 0 amide bonds. The Bertz CT molecular complexity index is 1070. The third kappa shape index (κ3) is 5.19. The zero-order chi connectivity index (χ0) is 22.1. The van der Waals surface area contributed by atoms with Crippen LogP contribution in [0.4, 0.5) is 13.2 Å². The van der Waals surface area contributed by atoms with Crippen molar-refractivity contribution in [1.29, 1.82) is 0 Å². The normalized spacial score (nSPS) is 11.5. The molecule has 0 unspecified atom stereocenters. The van der Waals surface area contributed by atoms with E-state index in [1.165, 1.54) is 24.3 Å². The molecule has 3 aromatic rings. The number of hydrogen-bond acceptors (Lipinski definition) is 4. The molecule has 0 aliphatic heterocycles. The highest BCUT2D eigenvalue weighted by Crippen LogP contribution is 2.41. The van der Waals surface area contributed by atoms with Gasteiger partial charge in [0.25, 0.3) is 0 Å². The Morgan fingerprint density at radius 2 is 1.73 bits per heavy atom. The summed E-state index contributed by atoms with van der Waals surface area (Å²) in [5.74, 6) is -1.10. The lowest BCUT2D eigenvalue weighted by Crippen LogP contribution is -2.09. The van der Waals surface area contributed by atoms with E-state index in [0.29, 0.717) is 22.5 Å². The second-order valence-electron chi connectivity index (χ2n) is 6.24. The minimum atomic E-state index is -4.46. The first kappa shape index (κ1) is 22.3. The van der Waals surface area contributed by atoms with Crippen LogP contribution >= 0.6 is 34.5 Å². The predicted octanol–water partition coefficient (Wildman–Crippen LogP) is 6.50. The fraction of sp³-hybridized carbons (Fsp3) is 0.150. The number of thiophene rings is 1. The van der Waals surface area contributed by atoms with Gasteiger partial charge in [-0.3, -0.25) is 0 Å². The molecule has 0 saturated heterocycles. The molecule has 0 radical (unpaired) electrons. The quantitative estimate of drug-likeness (QED) is 0.426. The second kappa shape index (κ2) is 8.75. The lowest BCUT2D eigenvalue weighted by molar-refractivity contribution is -0.139. The van der Waals surface area contributed by atoms with E-state index in [4.69, 9.17) is 33.0 Å². The molecule has 0 atom stereocenters. The van der Waals surface area contributed by atoms with Crippen molar-refractivity contribution < 1.29 is 32.9 Å². The van der Waals surface area contributed by atoms with Gasteiger partial charge in [-0.25, -0.2) is 4.79 Å². The number of phenols is 1. The van der Waals surface area contributed by atoms with Crippen molar-refractivity contribution in [3.8, 4) is 21.9 Å². The maximum Gasteiger partial charge on any atom is 0.425 e. The average molecular weight is 477 g/mol. The van der Waals surface area contributed by atoms with Crippen molar-refractivity contribution in [2.75, 3.05) is 6.61 Å². The highest BCUT2D eigenvalue weighted by atomic mass is 35.5. The molecule has 30 heavy (non-hydrogen) atoms. The summed E-state index contributed by atoms with van der Waals surface area (Å²) in [6, 6.07) is 9.71. The standard InChI is InChI=1S/C20H13Cl2F3O4S/c21-14-7-11(29-9-19(27)28)8-15(22)12(14)5-10-1-2-16(26)13(6-10)17-3-4-18(30-17)20(23,24)25/h1-4,6-8,26H,5,9H2,(H,27,28). The first-order chi connectivity index (χ1) is 14.0. The summed E-state index contributed by atoms with van der Waals surface area (Å²) < 4.78 is 43.7. The highest BCUT2D eigenvalue weighted by molar-refractivity contribution is 7.15. The van der Waals surface area contributed by atoms with E-state index in [1.54, 1.807) is 12.1 Å². The molecule has 1 heterocycles. The van der Waals surface area contributed by atoms with Crippen LogP contribution in [0, 0.1) is 0 Å². The Balaban J connectivity index is 1.89. The number of rotatable bonds is 6. The third-order valence-corrected chi connectivity index (χ3v) is 5.91. The van der Waals surface area contributed by atoms with Gasteiger partial charge in [0.2, 0.25) is 0 Å². The molecule has 0 fully saturated rings. The summed E-state index contributed by atoms with van der Waals surface area (Å²) in [5.41, 5.74) is 1.45. The number of carboxylic acids is 1. The van der Waals surface area contributed by atoms with E-state index in [-0.39, 0.29) is 38.4 Å². The Morgan fingerprint density at radius 3 is 2.30 bits per heavy atom. The summed E-state index contributed by atoms with van der Waals surface area (Å²) in [6.07, 6.45) is -4.22. The number of phenolic OH excluding ortho intramolecular Hbond substituents is 1. The molecule has 0 aliphatic rings. The van der Waals surface area contributed by atoms with E-state index in [0.717, 1.165) is 6.07 Å². The molecule has 2 N–H and O–H groups in total. The highest BCUT2D eigenvalue weighted by Gasteiger charge is 2.32. The summed E-state index contributed by atoms with van der Waals surface area (Å²) in [7, 11) is 0.